The van der Waals surface area contributed by atoms with Crippen molar-refractivity contribution in [3.63, 3.8) is 0 Å². The van der Waals surface area contributed by atoms with Gasteiger partial charge in [0, 0.05) is 39.0 Å². The van der Waals surface area contributed by atoms with Gasteiger partial charge in [0.05, 0.1) is 30.5 Å². The lowest BCUT2D eigenvalue weighted by Crippen LogP contribution is -2.53. The van der Waals surface area contributed by atoms with E-state index in [0.717, 1.165) is 13.0 Å². The SMILES string of the molecule is COc1cc(C(=O)N[C@H]2CCN(C)C[C@@H]2OC)ccc1Nc1ncc(C(F)(F)F)c(Oc2cccc3c2C(=O)N(C)C3)n1. The molecule has 2 N–H and O–H groups in total. The van der Waals surface area contributed by atoms with Gasteiger partial charge in [-0.15, -0.1) is 0 Å². The molecule has 1 fully saturated rings. The lowest BCUT2D eigenvalue weighted by Gasteiger charge is -2.36. The van der Waals surface area contributed by atoms with Crippen LogP contribution < -0.4 is 20.1 Å². The zero-order valence-electron chi connectivity index (χ0n) is 24.0. The number of benzene rings is 2. The number of amides is 2. The predicted molar refractivity (Wildman–Crippen MR) is 150 cm³/mol. The summed E-state index contributed by atoms with van der Waals surface area (Å²) in [7, 11) is 6.58. The maximum atomic E-state index is 13.9. The number of anilines is 2. The fourth-order valence-corrected chi connectivity index (χ4v) is 5.14. The quantitative estimate of drug-likeness (QED) is 0.395. The Hall–Kier alpha value is -4.43. The van der Waals surface area contributed by atoms with Crippen LogP contribution in [0, 0.1) is 0 Å². The Bertz CT molecular complexity index is 1530. The molecule has 2 atom stereocenters. The molecule has 0 unspecified atom stereocenters. The first-order valence-electron chi connectivity index (χ1n) is 13.4. The molecule has 2 amide bonds. The highest BCUT2D eigenvalue weighted by atomic mass is 19.4. The highest BCUT2D eigenvalue weighted by Gasteiger charge is 2.38. The van der Waals surface area contributed by atoms with Gasteiger partial charge in [0.15, 0.2) is 0 Å². The summed E-state index contributed by atoms with van der Waals surface area (Å²) >= 11 is 0. The van der Waals surface area contributed by atoms with Gasteiger partial charge in [0.2, 0.25) is 11.8 Å². The van der Waals surface area contributed by atoms with Crippen LogP contribution >= 0.6 is 0 Å². The topological polar surface area (TPSA) is 118 Å². The lowest BCUT2D eigenvalue weighted by molar-refractivity contribution is -0.139. The van der Waals surface area contributed by atoms with Crippen molar-refractivity contribution < 1.29 is 37.0 Å². The first-order valence-corrected chi connectivity index (χ1v) is 13.4. The molecular formula is C29H31F3N6O5. The number of halogens is 3. The summed E-state index contributed by atoms with van der Waals surface area (Å²) in [5.41, 5.74) is 0.223. The van der Waals surface area contributed by atoms with Gasteiger partial charge in [-0.1, -0.05) is 12.1 Å². The maximum absolute atomic E-state index is 13.9. The molecule has 0 radical (unpaired) electrons. The Kier molecular flexibility index (Phi) is 8.42. The Morgan fingerprint density at radius 1 is 1.12 bits per heavy atom. The number of alkyl halides is 3. The number of hydrogen-bond donors (Lipinski definition) is 2. The van der Waals surface area contributed by atoms with Crippen molar-refractivity contribution in [1.29, 1.82) is 0 Å². The molecule has 2 aromatic carbocycles. The number of likely N-dealkylation sites (tertiary alicyclic amines) is 1. The maximum Gasteiger partial charge on any atom is 0.423 e. The molecule has 1 saturated heterocycles. The summed E-state index contributed by atoms with van der Waals surface area (Å²) < 4.78 is 58.2. The summed E-state index contributed by atoms with van der Waals surface area (Å²) in [6, 6.07) is 9.14. The van der Waals surface area contributed by atoms with Crippen molar-refractivity contribution in [1.82, 2.24) is 25.1 Å². The summed E-state index contributed by atoms with van der Waals surface area (Å²) in [4.78, 5) is 37.1. The standard InChI is InChI=1S/C29H31F3N6O5/c1-37-11-10-20(23(15-37)42-4)34-25(39)16-8-9-19(22(12-16)41-3)35-28-33-13-18(29(30,31)32)26(36-28)43-21-7-5-6-17-14-38(2)27(40)24(17)21/h5-9,12-13,20,23H,10-11,14-15H2,1-4H3,(H,34,39)(H,33,35,36)/t20-,23-/m0/s1. The second kappa shape index (κ2) is 12.1. The Morgan fingerprint density at radius 3 is 2.63 bits per heavy atom. The molecule has 2 aliphatic rings. The number of fused-ring (bicyclic) bond motifs is 1. The van der Waals surface area contributed by atoms with Gasteiger partial charge in [-0.25, -0.2) is 4.98 Å². The van der Waals surface area contributed by atoms with E-state index in [4.69, 9.17) is 14.2 Å². The Labute approximate surface area is 245 Å². The fourth-order valence-electron chi connectivity index (χ4n) is 5.14. The van der Waals surface area contributed by atoms with E-state index in [1.54, 1.807) is 32.4 Å². The van der Waals surface area contributed by atoms with Crippen LogP contribution in [0.25, 0.3) is 0 Å². The van der Waals surface area contributed by atoms with Crippen LogP contribution in [0.1, 0.15) is 38.3 Å². The molecule has 11 nitrogen and oxygen atoms in total. The van der Waals surface area contributed by atoms with Crippen molar-refractivity contribution in [3.05, 3.63) is 64.8 Å². The zero-order valence-corrected chi connectivity index (χ0v) is 24.0. The van der Waals surface area contributed by atoms with E-state index in [2.05, 4.69) is 25.5 Å². The predicted octanol–water partition coefficient (Wildman–Crippen LogP) is 4.07. The van der Waals surface area contributed by atoms with Crippen LogP contribution in [0.15, 0.2) is 42.6 Å². The summed E-state index contributed by atoms with van der Waals surface area (Å²) in [6.45, 7) is 1.81. The lowest BCUT2D eigenvalue weighted by atomic mass is 10.0. The normalized spacial score (nSPS) is 18.8. The number of nitrogens with one attached hydrogen (secondary N) is 2. The molecular weight excluding hydrogens is 569 g/mol. The average Bonchev–Trinajstić information content (AvgIpc) is 3.27. The van der Waals surface area contributed by atoms with Crippen LogP contribution in [-0.4, -0.2) is 85.1 Å². The highest BCUT2D eigenvalue weighted by molar-refractivity contribution is 6.01. The van der Waals surface area contributed by atoms with E-state index in [1.807, 2.05) is 7.05 Å². The highest BCUT2D eigenvalue weighted by Crippen LogP contribution is 2.40. The Morgan fingerprint density at radius 2 is 1.91 bits per heavy atom. The molecule has 228 valence electrons. The number of carbonyl (C=O) groups excluding carboxylic acids is 2. The van der Waals surface area contributed by atoms with Gasteiger partial charge in [-0.05, 0) is 49.8 Å². The summed E-state index contributed by atoms with van der Waals surface area (Å²) in [5.74, 6) is -1.49. The van der Waals surface area contributed by atoms with Gasteiger partial charge >= 0.3 is 6.18 Å². The minimum Gasteiger partial charge on any atom is -0.495 e. The molecule has 0 saturated carbocycles. The second-order valence-electron chi connectivity index (χ2n) is 10.4. The minimum atomic E-state index is -4.82. The van der Waals surface area contributed by atoms with Gasteiger partial charge < -0.3 is 34.6 Å². The van der Waals surface area contributed by atoms with E-state index >= 15 is 0 Å². The monoisotopic (exact) mass is 600 g/mol. The second-order valence-corrected chi connectivity index (χ2v) is 10.4. The molecule has 3 heterocycles. The molecule has 2 aliphatic heterocycles. The minimum absolute atomic E-state index is 0.0460. The molecule has 14 heteroatoms. The van der Waals surface area contributed by atoms with Crippen molar-refractivity contribution in [2.75, 3.05) is 46.7 Å². The van der Waals surface area contributed by atoms with Crippen molar-refractivity contribution in [3.8, 4) is 17.4 Å². The Balaban J connectivity index is 1.39. The number of aromatic nitrogens is 2. The number of hydrogen-bond acceptors (Lipinski definition) is 9. The number of methoxy groups -OCH3 is 2. The van der Waals surface area contributed by atoms with Crippen LogP contribution in [0.3, 0.4) is 0 Å². The third kappa shape index (κ3) is 6.34. The van der Waals surface area contributed by atoms with Gasteiger partial charge in [0.1, 0.15) is 17.1 Å². The smallest absolute Gasteiger partial charge is 0.423 e. The molecule has 0 bridgehead atoms. The van der Waals surface area contributed by atoms with Crippen molar-refractivity contribution in [2.24, 2.45) is 0 Å². The number of piperidine rings is 1. The van der Waals surface area contributed by atoms with Crippen molar-refractivity contribution >= 4 is 23.5 Å². The zero-order chi connectivity index (χ0) is 30.9. The third-order valence-corrected chi connectivity index (χ3v) is 7.44. The average molecular weight is 601 g/mol. The first kappa shape index (κ1) is 30.0. The van der Waals surface area contributed by atoms with E-state index in [0.29, 0.717) is 36.1 Å². The van der Waals surface area contributed by atoms with Crippen molar-refractivity contribution in [2.45, 2.75) is 31.3 Å². The van der Waals surface area contributed by atoms with Gasteiger partial charge in [-0.2, -0.15) is 18.2 Å². The van der Waals surface area contributed by atoms with Gasteiger partial charge in [-0.3, -0.25) is 9.59 Å². The van der Waals surface area contributed by atoms with Gasteiger partial charge in [0.25, 0.3) is 11.8 Å². The van der Waals surface area contributed by atoms with Crippen LogP contribution in [-0.2, 0) is 17.5 Å². The molecule has 0 aliphatic carbocycles. The third-order valence-electron chi connectivity index (χ3n) is 7.44. The molecule has 43 heavy (non-hydrogen) atoms. The summed E-state index contributed by atoms with van der Waals surface area (Å²) in [5, 5.41) is 5.85. The van der Waals surface area contributed by atoms with E-state index in [1.165, 1.54) is 30.2 Å². The number of rotatable bonds is 8. The van der Waals surface area contributed by atoms with Crippen LogP contribution in [0.4, 0.5) is 24.8 Å². The van der Waals surface area contributed by atoms with E-state index in [9.17, 15) is 22.8 Å². The number of ether oxygens (including phenoxy) is 3. The molecule has 1 aromatic heterocycles. The van der Waals surface area contributed by atoms with Crippen LogP contribution in [0.2, 0.25) is 0 Å². The number of likely N-dealkylation sites (N-methyl/N-ethyl adjacent to an activating group) is 1. The summed E-state index contributed by atoms with van der Waals surface area (Å²) in [6.07, 6.45) is -3.66. The molecule has 3 aromatic rings. The molecule has 0 spiro atoms. The number of carbonyl (C=O) groups is 2. The van der Waals surface area contributed by atoms with E-state index in [-0.39, 0.29) is 47.0 Å². The molecule has 5 rings (SSSR count). The largest absolute Gasteiger partial charge is 0.495 e. The number of nitrogens with zero attached hydrogens (tertiary/aromatic N) is 4. The first-order chi connectivity index (χ1) is 20.5. The fraction of sp³-hybridized carbons (Fsp3) is 0.379. The van der Waals surface area contributed by atoms with E-state index < -0.39 is 17.6 Å². The van der Waals surface area contributed by atoms with Crippen LogP contribution in [0.5, 0.6) is 17.4 Å².